The topological polar surface area (TPSA) is 52.6 Å². The number of rotatable bonds is 6. The third-order valence-electron chi connectivity index (χ3n) is 4.64. The van der Waals surface area contributed by atoms with Crippen LogP contribution in [0.3, 0.4) is 0 Å². The monoisotopic (exact) mass is 484 g/mol. The number of benzene rings is 2. The fraction of sp³-hybridized carbons (Fsp3) is 0.350. The number of fused-ring (bicyclic) bond motifs is 2. The molecule has 2 aromatic carbocycles. The molecule has 0 saturated carbocycles. The zero-order valence-corrected chi connectivity index (χ0v) is 18.5. The summed E-state index contributed by atoms with van der Waals surface area (Å²) in [6.45, 7) is 10.1. The van der Waals surface area contributed by atoms with Gasteiger partial charge in [0.15, 0.2) is 5.43 Å². The fourth-order valence-electron chi connectivity index (χ4n) is 3.11. The molecule has 1 heterocycles. The van der Waals surface area contributed by atoms with Gasteiger partial charge in [0.25, 0.3) is 0 Å². The number of nitrogens with zero attached hydrogens (tertiary/aromatic N) is 1. The highest BCUT2D eigenvalue weighted by molar-refractivity contribution is 14.0. The number of aromatic hydroxyl groups is 1. The maximum absolute atomic E-state index is 13.1. The highest BCUT2D eigenvalue weighted by Crippen LogP contribution is 2.32. The number of anilines is 1. The molecule has 0 spiro atoms. The maximum atomic E-state index is 13.1. The summed E-state index contributed by atoms with van der Waals surface area (Å²) in [6.07, 6.45) is 0. The summed E-state index contributed by atoms with van der Waals surface area (Å²) in [4.78, 5) is 15.4. The molecule has 0 bridgehead atoms. The second-order valence-electron chi connectivity index (χ2n) is 6.20. The molecule has 3 aromatic rings. The first-order valence-corrected chi connectivity index (χ1v) is 9.52. The minimum Gasteiger partial charge on any atom is -0.508 e. The summed E-state index contributed by atoms with van der Waals surface area (Å²) < 4.78 is 1.91. The van der Waals surface area contributed by atoms with Gasteiger partial charge in [-0.2, -0.15) is 0 Å². The minimum atomic E-state index is -0.0197. The molecule has 0 aliphatic heterocycles. The Kier molecular flexibility index (Phi) is 7.25. The number of nitrogens with one attached hydrogen (secondary N) is 1. The van der Waals surface area contributed by atoms with E-state index in [-0.39, 0.29) is 35.2 Å². The summed E-state index contributed by atoms with van der Waals surface area (Å²) in [6, 6.07) is 9.06. The van der Waals surface area contributed by atoms with Crippen molar-refractivity contribution in [3.8, 4) is 5.75 Å². The van der Waals surface area contributed by atoms with Gasteiger partial charge in [-0.3, -0.25) is 4.79 Å². The van der Waals surface area contributed by atoms with Crippen LogP contribution >= 0.6 is 35.3 Å². The standard InChI is InChI=1S/C20H24N2O2S.HI/c1-4-22(5-2)11-10-21-16-8-6-13(3)20-18(16)19(24)15-12-14(23)7-9-17(15)25-20;/h6-9,12,21,23H,4-5,10-11H2,1-3H3;1H. The summed E-state index contributed by atoms with van der Waals surface area (Å²) in [7, 11) is 0. The van der Waals surface area contributed by atoms with Gasteiger partial charge in [0.05, 0.1) is 5.39 Å². The predicted molar refractivity (Wildman–Crippen MR) is 124 cm³/mol. The average molecular weight is 484 g/mol. The van der Waals surface area contributed by atoms with Gasteiger partial charge >= 0.3 is 0 Å². The number of likely N-dealkylation sites (N-methyl/N-ethyl adjacent to an activating group) is 1. The highest BCUT2D eigenvalue weighted by Gasteiger charge is 2.12. The lowest BCUT2D eigenvalue weighted by atomic mass is 10.1. The van der Waals surface area contributed by atoms with Gasteiger partial charge in [-0.15, -0.1) is 35.3 Å². The van der Waals surface area contributed by atoms with Crippen molar-refractivity contribution >= 4 is 61.2 Å². The van der Waals surface area contributed by atoms with E-state index in [1.54, 1.807) is 23.5 Å². The van der Waals surface area contributed by atoms with E-state index < -0.39 is 0 Å². The first kappa shape index (κ1) is 20.9. The van der Waals surface area contributed by atoms with Crippen molar-refractivity contribution in [2.75, 3.05) is 31.5 Å². The van der Waals surface area contributed by atoms with Crippen LogP contribution < -0.4 is 10.7 Å². The smallest absolute Gasteiger partial charge is 0.198 e. The number of hydrogen-bond acceptors (Lipinski definition) is 5. The molecule has 0 saturated heterocycles. The molecule has 0 aliphatic carbocycles. The Morgan fingerprint density at radius 1 is 1.15 bits per heavy atom. The Morgan fingerprint density at radius 3 is 2.58 bits per heavy atom. The fourth-order valence-corrected chi connectivity index (χ4v) is 4.26. The Bertz CT molecular complexity index is 967. The first-order valence-electron chi connectivity index (χ1n) is 8.70. The van der Waals surface area contributed by atoms with E-state index >= 15 is 0 Å². The van der Waals surface area contributed by atoms with E-state index in [4.69, 9.17) is 0 Å². The minimum absolute atomic E-state index is 0. The van der Waals surface area contributed by atoms with Crippen LogP contribution in [0.25, 0.3) is 20.2 Å². The number of phenolic OH excluding ortho intramolecular Hbond substituents is 1. The number of phenols is 1. The maximum Gasteiger partial charge on any atom is 0.198 e. The van der Waals surface area contributed by atoms with Crippen LogP contribution in [-0.4, -0.2) is 36.2 Å². The number of halogens is 1. The van der Waals surface area contributed by atoms with Crippen LogP contribution in [0, 0.1) is 6.92 Å². The normalized spacial score (nSPS) is 11.1. The second-order valence-corrected chi connectivity index (χ2v) is 7.25. The lowest BCUT2D eigenvalue weighted by molar-refractivity contribution is 0.316. The lowest BCUT2D eigenvalue weighted by Gasteiger charge is -2.19. The van der Waals surface area contributed by atoms with E-state index in [1.165, 1.54) is 0 Å². The van der Waals surface area contributed by atoms with Gasteiger partial charge in [0.1, 0.15) is 5.75 Å². The van der Waals surface area contributed by atoms with Crippen molar-refractivity contribution in [2.24, 2.45) is 0 Å². The summed E-state index contributed by atoms with van der Waals surface area (Å²) in [5.74, 6) is 0.125. The first-order chi connectivity index (χ1) is 12.0. The van der Waals surface area contributed by atoms with Crippen LogP contribution in [0.1, 0.15) is 19.4 Å². The second kappa shape index (κ2) is 9.01. The molecular weight excluding hydrogens is 459 g/mol. The molecule has 140 valence electrons. The van der Waals surface area contributed by atoms with Crippen LogP contribution in [0.4, 0.5) is 5.69 Å². The van der Waals surface area contributed by atoms with Crippen molar-refractivity contribution in [1.82, 2.24) is 4.90 Å². The van der Waals surface area contributed by atoms with Gasteiger partial charge in [-0.25, -0.2) is 0 Å². The summed E-state index contributed by atoms with van der Waals surface area (Å²) >= 11 is 1.60. The quantitative estimate of drug-likeness (QED) is 0.390. The van der Waals surface area contributed by atoms with Gasteiger partial charge in [-0.05, 0) is 49.8 Å². The molecule has 0 radical (unpaired) electrons. The van der Waals surface area contributed by atoms with Gasteiger partial charge in [0.2, 0.25) is 0 Å². The zero-order chi connectivity index (χ0) is 18.0. The number of aryl methyl sites for hydroxylation is 1. The van der Waals surface area contributed by atoms with Crippen LogP contribution in [0.15, 0.2) is 35.1 Å². The molecule has 0 amide bonds. The Morgan fingerprint density at radius 2 is 1.88 bits per heavy atom. The van der Waals surface area contributed by atoms with E-state index in [9.17, 15) is 9.90 Å². The largest absolute Gasteiger partial charge is 0.508 e. The molecule has 4 nitrogen and oxygen atoms in total. The van der Waals surface area contributed by atoms with Crippen molar-refractivity contribution in [3.05, 3.63) is 46.1 Å². The van der Waals surface area contributed by atoms with Crippen LogP contribution in [-0.2, 0) is 0 Å². The Labute approximate surface area is 174 Å². The van der Waals surface area contributed by atoms with Crippen LogP contribution in [0.2, 0.25) is 0 Å². The molecule has 6 heteroatoms. The van der Waals surface area contributed by atoms with Crippen molar-refractivity contribution in [2.45, 2.75) is 20.8 Å². The summed E-state index contributed by atoms with van der Waals surface area (Å²) in [5.41, 5.74) is 1.95. The molecule has 0 unspecified atom stereocenters. The van der Waals surface area contributed by atoms with Gasteiger partial charge < -0.3 is 15.3 Å². The molecule has 3 rings (SSSR count). The summed E-state index contributed by atoms with van der Waals surface area (Å²) in [5, 5.41) is 14.5. The average Bonchev–Trinajstić information content (AvgIpc) is 2.61. The number of hydrogen-bond donors (Lipinski definition) is 2. The van der Waals surface area contributed by atoms with Gasteiger partial charge in [-0.1, -0.05) is 19.9 Å². The lowest BCUT2D eigenvalue weighted by Crippen LogP contribution is -2.28. The molecule has 0 atom stereocenters. The van der Waals surface area contributed by atoms with E-state index in [0.29, 0.717) is 5.39 Å². The predicted octanol–water partition coefficient (Wildman–Crippen LogP) is 4.80. The Balaban J connectivity index is 0.00000243. The van der Waals surface area contributed by atoms with Crippen LogP contribution in [0.5, 0.6) is 5.75 Å². The van der Waals surface area contributed by atoms with Crippen molar-refractivity contribution in [3.63, 3.8) is 0 Å². The van der Waals surface area contributed by atoms with Gasteiger partial charge in [0, 0.05) is 33.6 Å². The van der Waals surface area contributed by atoms with E-state index in [2.05, 4.69) is 30.1 Å². The van der Waals surface area contributed by atoms with E-state index in [0.717, 1.165) is 52.2 Å². The molecule has 0 aliphatic rings. The zero-order valence-electron chi connectivity index (χ0n) is 15.3. The molecule has 2 N–H and O–H groups in total. The third kappa shape index (κ3) is 4.13. The Hall–Kier alpha value is -1.38. The van der Waals surface area contributed by atoms with Crippen molar-refractivity contribution in [1.29, 1.82) is 0 Å². The molecular formula is C20H25IN2O2S. The molecule has 26 heavy (non-hydrogen) atoms. The SMILES string of the molecule is CCN(CC)CCNc1ccc(C)c2sc3ccc(O)cc3c(=O)c12.I. The molecule has 1 aromatic heterocycles. The van der Waals surface area contributed by atoms with E-state index in [1.807, 2.05) is 19.1 Å². The molecule has 0 fully saturated rings. The third-order valence-corrected chi connectivity index (χ3v) is 5.95. The van der Waals surface area contributed by atoms with Crippen molar-refractivity contribution < 1.29 is 5.11 Å². The highest BCUT2D eigenvalue weighted by atomic mass is 127.